The molecule has 0 aromatic heterocycles. The molecule has 104 valence electrons. The van der Waals surface area contributed by atoms with Gasteiger partial charge in [-0.1, -0.05) is 48.5 Å². The van der Waals surface area contributed by atoms with Crippen LogP contribution < -0.4 is 4.74 Å². The van der Waals surface area contributed by atoms with E-state index >= 15 is 0 Å². The smallest absolute Gasteiger partial charge is 0.270 e. The number of amides is 1. The molecule has 0 aliphatic rings. The van der Waals surface area contributed by atoms with Crippen LogP contribution in [0.2, 0.25) is 0 Å². The van der Waals surface area contributed by atoms with Crippen molar-refractivity contribution in [1.82, 2.24) is 4.90 Å². The molecule has 3 nitrogen and oxygen atoms in total. The molecular formula is C17H19NO2. The van der Waals surface area contributed by atoms with Gasteiger partial charge in [0.05, 0.1) is 0 Å². The SMILES string of the molecule is CN(C)C(=O)C(C)(Oc1ccccc1)c1ccccc1. The first-order chi connectivity index (χ1) is 9.54. The summed E-state index contributed by atoms with van der Waals surface area (Å²) in [5.41, 5.74) is -0.200. The van der Waals surface area contributed by atoms with Gasteiger partial charge in [-0.2, -0.15) is 0 Å². The summed E-state index contributed by atoms with van der Waals surface area (Å²) in [6.45, 7) is 1.80. The van der Waals surface area contributed by atoms with Gasteiger partial charge in [0.1, 0.15) is 5.75 Å². The van der Waals surface area contributed by atoms with Crippen LogP contribution in [0.1, 0.15) is 12.5 Å². The van der Waals surface area contributed by atoms with Crippen LogP contribution in [0.25, 0.3) is 0 Å². The molecule has 1 atom stereocenters. The normalized spacial score (nSPS) is 13.3. The average Bonchev–Trinajstić information content (AvgIpc) is 2.48. The first-order valence-electron chi connectivity index (χ1n) is 6.55. The fourth-order valence-electron chi connectivity index (χ4n) is 2.13. The highest BCUT2D eigenvalue weighted by molar-refractivity contribution is 5.86. The maximum Gasteiger partial charge on any atom is 0.270 e. The quantitative estimate of drug-likeness (QED) is 0.853. The van der Waals surface area contributed by atoms with Crippen LogP contribution in [0, 0.1) is 0 Å². The van der Waals surface area contributed by atoms with Crippen molar-refractivity contribution >= 4 is 5.91 Å². The monoisotopic (exact) mass is 269 g/mol. The average molecular weight is 269 g/mol. The van der Waals surface area contributed by atoms with E-state index in [0.29, 0.717) is 5.75 Å². The number of ether oxygens (including phenoxy) is 1. The lowest BCUT2D eigenvalue weighted by Crippen LogP contribution is -2.45. The molecule has 0 spiro atoms. The van der Waals surface area contributed by atoms with E-state index in [-0.39, 0.29) is 5.91 Å². The Balaban J connectivity index is 2.42. The number of carbonyl (C=O) groups excluding carboxylic acids is 1. The number of rotatable bonds is 4. The third-order valence-electron chi connectivity index (χ3n) is 3.20. The molecule has 0 aliphatic carbocycles. The van der Waals surface area contributed by atoms with Crippen LogP contribution in [-0.2, 0) is 10.4 Å². The Kier molecular flexibility index (Phi) is 4.08. The summed E-state index contributed by atoms with van der Waals surface area (Å²) in [7, 11) is 3.47. The number of carbonyl (C=O) groups is 1. The van der Waals surface area contributed by atoms with Crippen molar-refractivity contribution in [2.75, 3.05) is 14.1 Å². The van der Waals surface area contributed by atoms with E-state index in [1.54, 1.807) is 25.9 Å². The molecule has 0 saturated heterocycles. The van der Waals surface area contributed by atoms with E-state index in [9.17, 15) is 4.79 Å². The Hall–Kier alpha value is -2.29. The van der Waals surface area contributed by atoms with Crippen LogP contribution in [0.15, 0.2) is 60.7 Å². The lowest BCUT2D eigenvalue weighted by molar-refractivity contribution is -0.145. The van der Waals surface area contributed by atoms with E-state index in [0.717, 1.165) is 5.56 Å². The Morgan fingerprint density at radius 2 is 1.45 bits per heavy atom. The molecule has 1 unspecified atom stereocenters. The number of nitrogens with zero attached hydrogens (tertiary/aromatic N) is 1. The van der Waals surface area contributed by atoms with Gasteiger partial charge in [-0.3, -0.25) is 4.79 Å². The molecule has 1 amide bonds. The summed E-state index contributed by atoms with van der Waals surface area (Å²) < 4.78 is 6.02. The van der Waals surface area contributed by atoms with Gasteiger partial charge in [0.25, 0.3) is 5.91 Å². The largest absolute Gasteiger partial charge is 0.473 e. The van der Waals surface area contributed by atoms with Gasteiger partial charge in [-0.05, 0) is 19.1 Å². The molecular weight excluding hydrogens is 250 g/mol. The van der Waals surface area contributed by atoms with Crippen LogP contribution >= 0.6 is 0 Å². The van der Waals surface area contributed by atoms with Crippen LogP contribution in [0.4, 0.5) is 0 Å². The molecule has 0 bridgehead atoms. The molecule has 0 N–H and O–H groups in total. The van der Waals surface area contributed by atoms with E-state index in [1.165, 1.54) is 0 Å². The fourth-order valence-corrected chi connectivity index (χ4v) is 2.13. The Morgan fingerprint density at radius 3 is 1.95 bits per heavy atom. The van der Waals surface area contributed by atoms with E-state index in [2.05, 4.69) is 0 Å². The molecule has 0 heterocycles. The number of hydrogen-bond acceptors (Lipinski definition) is 2. The lowest BCUT2D eigenvalue weighted by Gasteiger charge is -2.32. The van der Waals surface area contributed by atoms with E-state index < -0.39 is 5.60 Å². The minimum Gasteiger partial charge on any atom is -0.473 e. The standard InChI is InChI=1S/C17H19NO2/c1-17(16(19)18(2)3,14-10-6-4-7-11-14)20-15-12-8-5-9-13-15/h4-13H,1-3H3. The molecule has 2 rings (SSSR count). The van der Waals surface area contributed by atoms with Crippen molar-refractivity contribution in [3.63, 3.8) is 0 Å². The molecule has 2 aromatic carbocycles. The first-order valence-corrected chi connectivity index (χ1v) is 6.55. The molecule has 0 saturated carbocycles. The van der Waals surface area contributed by atoms with Gasteiger partial charge in [0, 0.05) is 19.7 Å². The molecule has 0 radical (unpaired) electrons. The van der Waals surface area contributed by atoms with Crippen LogP contribution in [-0.4, -0.2) is 24.9 Å². The van der Waals surface area contributed by atoms with Crippen LogP contribution in [0.5, 0.6) is 5.75 Å². The Morgan fingerprint density at radius 1 is 0.950 bits per heavy atom. The predicted octanol–water partition coefficient (Wildman–Crippen LogP) is 3.07. The maximum absolute atomic E-state index is 12.6. The fraction of sp³-hybridized carbons (Fsp3) is 0.235. The second-order valence-electron chi connectivity index (χ2n) is 5.01. The van der Waals surface area contributed by atoms with E-state index in [4.69, 9.17) is 4.74 Å². The van der Waals surface area contributed by atoms with Gasteiger partial charge in [-0.25, -0.2) is 0 Å². The maximum atomic E-state index is 12.6. The van der Waals surface area contributed by atoms with Crippen molar-refractivity contribution in [2.24, 2.45) is 0 Å². The number of benzene rings is 2. The van der Waals surface area contributed by atoms with Crippen molar-refractivity contribution in [3.05, 3.63) is 66.2 Å². The second kappa shape index (κ2) is 5.78. The topological polar surface area (TPSA) is 29.5 Å². The summed E-state index contributed by atoms with van der Waals surface area (Å²) in [6.07, 6.45) is 0. The molecule has 2 aromatic rings. The number of likely N-dealkylation sites (N-methyl/N-ethyl adjacent to an activating group) is 1. The number of para-hydroxylation sites is 1. The second-order valence-corrected chi connectivity index (χ2v) is 5.01. The molecule has 0 fully saturated rings. The highest BCUT2D eigenvalue weighted by atomic mass is 16.5. The van der Waals surface area contributed by atoms with Crippen molar-refractivity contribution in [1.29, 1.82) is 0 Å². The highest BCUT2D eigenvalue weighted by Crippen LogP contribution is 2.29. The highest BCUT2D eigenvalue weighted by Gasteiger charge is 2.38. The van der Waals surface area contributed by atoms with Crippen molar-refractivity contribution in [3.8, 4) is 5.75 Å². The zero-order chi connectivity index (χ0) is 14.6. The first kappa shape index (κ1) is 14.1. The summed E-state index contributed by atoms with van der Waals surface area (Å²) in [6, 6.07) is 19.0. The molecule has 20 heavy (non-hydrogen) atoms. The van der Waals surface area contributed by atoms with Gasteiger partial charge < -0.3 is 9.64 Å². The van der Waals surface area contributed by atoms with Gasteiger partial charge in [0.15, 0.2) is 0 Å². The third kappa shape index (κ3) is 2.82. The summed E-state index contributed by atoms with van der Waals surface area (Å²) in [5, 5.41) is 0. The van der Waals surface area contributed by atoms with Gasteiger partial charge in [0.2, 0.25) is 5.60 Å². The summed E-state index contributed by atoms with van der Waals surface area (Å²) in [4.78, 5) is 14.1. The third-order valence-corrected chi connectivity index (χ3v) is 3.20. The van der Waals surface area contributed by atoms with Gasteiger partial charge in [-0.15, -0.1) is 0 Å². The van der Waals surface area contributed by atoms with Crippen molar-refractivity contribution < 1.29 is 9.53 Å². The zero-order valence-electron chi connectivity index (χ0n) is 12.0. The summed E-state index contributed by atoms with van der Waals surface area (Å²) >= 11 is 0. The minimum absolute atomic E-state index is 0.0902. The lowest BCUT2D eigenvalue weighted by atomic mass is 9.94. The van der Waals surface area contributed by atoms with Gasteiger partial charge >= 0.3 is 0 Å². The minimum atomic E-state index is -1.04. The zero-order valence-corrected chi connectivity index (χ0v) is 12.0. The molecule has 0 aliphatic heterocycles. The van der Waals surface area contributed by atoms with Crippen molar-refractivity contribution in [2.45, 2.75) is 12.5 Å². The summed E-state index contributed by atoms with van der Waals surface area (Å²) in [5.74, 6) is 0.585. The Labute approximate surface area is 119 Å². The van der Waals surface area contributed by atoms with Crippen LogP contribution in [0.3, 0.4) is 0 Å². The van der Waals surface area contributed by atoms with E-state index in [1.807, 2.05) is 60.7 Å². The molecule has 3 heteroatoms. The Bertz CT molecular complexity index is 566. The predicted molar refractivity (Wildman–Crippen MR) is 79.6 cm³/mol. The number of hydrogen-bond donors (Lipinski definition) is 0.